The molecule has 1 aromatic carbocycles. The number of amides is 1. The van der Waals surface area contributed by atoms with E-state index in [0.717, 1.165) is 0 Å². The fraction of sp³-hybridized carbons (Fsp3) is 0. The zero-order chi connectivity index (χ0) is 10.7. The number of nitriles is 1. The van der Waals surface area contributed by atoms with Gasteiger partial charge >= 0.3 is 0 Å². The summed E-state index contributed by atoms with van der Waals surface area (Å²) in [7, 11) is 0. The number of hydrogen-bond donors (Lipinski definition) is 1. The molecule has 0 aliphatic heterocycles. The fourth-order valence-corrected chi connectivity index (χ4v) is 1.89. The van der Waals surface area contributed by atoms with Crippen LogP contribution >= 0.6 is 45.8 Å². The number of benzene rings is 1. The number of rotatable bonds is 1. The van der Waals surface area contributed by atoms with E-state index >= 15 is 0 Å². The van der Waals surface area contributed by atoms with Gasteiger partial charge in [0.25, 0.3) is 5.91 Å². The number of carbonyl (C=O) groups is 1. The van der Waals surface area contributed by atoms with E-state index in [1.807, 2.05) is 27.9 Å². The van der Waals surface area contributed by atoms with Crippen molar-refractivity contribution in [3.63, 3.8) is 0 Å². The molecule has 0 aliphatic rings. The van der Waals surface area contributed by atoms with Gasteiger partial charge in [0.05, 0.1) is 10.6 Å². The molecule has 0 saturated carbocycles. The van der Waals surface area contributed by atoms with E-state index < -0.39 is 5.91 Å². The normalized spacial score (nSPS) is 9.29. The molecular weight excluding hydrogens is 338 g/mol. The predicted octanol–water partition coefficient (Wildman–Crippen LogP) is 2.81. The Hall–Kier alpha value is -0.510. The Morgan fingerprint density at radius 3 is 2.71 bits per heavy atom. The van der Waals surface area contributed by atoms with Crippen LogP contribution in [0.25, 0.3) is 0 Å². The van der Waals surface area contributed by atoms with Crippen LogP contribution in [0.1, 0.15) is 10.4 Å². The van der Waals surface area contributed by atoms with E-state index in [9.17, 15) is 4.79 Å². The summed E-state index contributed by atoms with van der Waals surface area (Å²) in [6, 6.07) is 3.00. The van der Waals surface area contributed by atoms with Crippen molar-refractivity contribution in [3.8, 4) is 6.19 Å². The van der Waals surface area contributed by atoms with E-state index in [1.54, 1.807) is 6.19 Å². The van der Waals surface area contributed by atoms with Gasteiger partial charge in [-0.25, -0.2) is 0 Å². The topological polar surface area (TPSA) is 52.9 Å². The summed E-state index contributed by atoms with van der Waals surface area (Å²) in [5.41, 5.74) is 0.296. The Morgan fingerprint density at radius 1 is 1.50 bits per heavy atom. The molecule has 72 valence electrons. The lowest BCUT2D eigenvalue weighted by atomic mass is 10.2. The Balaban J connectivity index is 3.21. The molecule has 0 spiro atoms. The average molecular weight is 341 g/mol. The lowest BCUT2D eigenvalue weighted by Gasteiger charge is -2.04. The van der Waals surface area contributed by atoms with Crippen molar-refractivity contribution < 1.29 is 4.79 Å². The minimum atomic E-state index is -0.513. The van der Waals surface area contributed by atoms with Crippen LogP contribution in [0.2, 0.25) is 10.0 Å². The van der Waals surface area contributed by atoms with Crippen LogP contribution in [0.4, 0.5) is 0 Å². The first-order chi connectivity index (χ1) is 6.56. The summed E-state index contributed by atoms with van der Waals surface area (Å²) in [5, 5.41) is 11.0. The lowest BCUT2D eigenvalue weighted by molar-refractivity contribution is 0.0972. The first kappa shape index (κ1) is 11.6. The van der Waals surface area contributed by atoms with E-state index in [1.165, 1.54) is 12.1 Å². The van der Waals surface area contributed by atoms with Gasteiger partial charge in [-0.15, -0.1) is 0 Å². The van der Waals surface area contributed by atoms with Crippen LogP contribution < -0.4 is 5.32 Å². The molecular formula is C8H3Cl2IN2O. The zero-order valence-corrected chi connectivity index (χ0v) is 10.3. The maximum Gasteiger partial charge on any atom is 0.265 e. The van der Waals surface area contributed by atoms with Gasteiger partial charge in [0.2, 0.25) is 0 Å². The van der Waals surface area contributed by atoms with Gasteiger partial charge in [-0.2, -0.15) is 5.26 Å². The van der Waals surface area contributed by atoms with Gasteiger partial charge < -0.3 is 0 Å². The third kappa shape index (κ3) is 2.50. The molecule has 1 amide bonds. The molecule has 0 unspecified atom stereocenters. The molecule has 0 fully saturated rings. The zero-order valence-electron chi connectivity index (χ0n) is 6.64. The molecule has 0 saturated heterocycles. The van der Waals surface area contributed by atoms with Crippen molar-refractivity contribution in [1.82, 2.24) is 5.32 Å². The number of carbonyl (C=O) groups excluding carboxylic acids is 1. The van der Waals surface area contributed by atoms with Gasteiger partial charge in [-0.3, -0.25) is 10.1 Å². The molecule has 1 rings (SSSR count). The van der Waals surface area contributed by atoms with Crippen molar-refractivity contribution in [3.05, 3.63) is 31.3 Å². The highest BCUT2D eigenvalue weighted by atomic mass is 127. The summed E-state index contributed by atoms with van der Waals surface area (Å²) in [5.74, 6) is -0.513. The van der Waals surface area contributed by atoms with Crippen LogP contribution in [0.15, 0.2) is 12.1 Å². The predicted molar refractivity (Wildman–Crippen MR) is 62.3 cm³/mol. The standard InChI is InChI=1S/C8H3Cl2IN2O/c9-4-1-5(8(14)13-3-12)7(11)6(10)2-4/h1-2H,(H,13,14). The SMILES string of the molecule is N#CNC(=O)c1cc(Cl)cc(Cl)c1I. The molecule has 6 heteroatoms. The highest BCUT2D eigenvalue weighted by molar-refractivity contribution is 14.1. The summed E-state index contributed by atoms with van der Waals surface area (Å²) in [6.07, 6.45) is 1.54. The second-order valence-corrected chi connectivity index (χ2v) is 4.24. The smallest absolute Gasteiger partial charge is 0.265 e. The van der Waals surface area contributed by atoms with Gasteiger partial charge in [0.1, 0.15) is 0 Å². The molecule has 0 atom stereocenters. The summed E-state index contributed by atoms with van der Waals surface area (Å²) >= 11 is 13.4. The highest BCUT2D eigenvalue weighted by Crippen LogP contribution is 2.26. The molecule has 3 nitrogen and oxygen atoms in total. The van der Waals surface area contributed by atoms with E-state index in [0.29, 0.717) is 19.2 Å². The van der Waals surface area contributed by atoms with Crippen molar-refractivity contribution in [1.29, 1.82) is 5.26 Å². The maximum absolute atomic E-state index is 11.3. The van der Waals surface area contributed by atoms with E-state index in [4.69, 9.17) is 28.5 Å². The van der Waals surface area contributed by atoms with Crippen molar-refractivity contribution in [2.45, 2.75) is 0 Å². The average Bonchev–Trinajstić information content (AvgIpc) is 2.11. The quantitative estimate of drug-likeness (QED) is 0.370. The van der Waals surface area contributed by atoms with Crippen LogP contribution in [-0.4, -0.2) is 5.91 Å². The maximum atomic E-state index is 11.3. The first-order valence-electron chi connectivity index (χ1n) is 3.40. The molecule has 1 aromatic rings. The van der Waals surface area contributed by atoms with Gasteiger partial charge in [0, 0.05) is 8.59 Å². The van der Waals surface area contributed by atoms with Gasteiger partial charge in [-0.05, 0) is 34.7 Å². The van der Waals surface area contributed by atoms with Crippen LogP contribution in [-0.2, 0) is 0 Å². The minimum absolute atomic E-state index is 0.296. The minimum Gasteiger partial charge on any atom is -0.268 e. The second kappa shape index (κ2) is 4.82. The van der Waals surface area contributed by atoms with E-state index in [2.05, 4.69) is 0 Å². The summed E-state index contributed by atoms with van der Waals surface area (Å²) in [6.45, 7) is 0. The van der Waals surface area contributed by atoms with E-state index in [-0.39, 0.29) is 0 Å². The fourth-order valence-electron chi connectivity index (χ4n) is 0.839. The Kier molecular flexibility index (Phi) is 3.98. The molecule has 0 bridgehead atoms. The molecule has 1 N–H and O–H groups in total. The first-order valence-corrected chi connectivity index (χ1v) is 5.23. The third-order valence-corrected chi connectivity index (χ3v) is 3.40. The molecule has 0 aromatic heterocycles. The van der Waals surface area contributed by atoms with Crippen LogP contribution in [0.5, 0.6) is 0 Å². The third-order valence-electron chi connectivity index (χ3n) is 1.41. The largest absolute Gasteiger partial charge is 0.268 e. The lowest BCUT2D eigenvalue weighted by Crippen LogP contribution is -2.18. The molecule has 14 heavy (non-hydrogen) atoms. The number of halogens is 3. The van der Waals surface area contributed by atoms with Gasteiger partial charge in [0.15, 0.2) is 6.19 Å². The monoisotopic (exact) mass is 340 g/mol. The number of nitrogens with zero attached hydrogens (tertiary/aromatic N) is 1. The van der Waals surface area contributed by atoms with Crippen molar-refractivity contribution in [2.24, 2.45) is 0 Å². The van der Waals surface area contributed by atoms with Crippen LogP contribution in [0, 0.1) is 15.0 Å². The number of hydrogen-bond acceptors (Lipinski definition) is 2. The molecule has 0 radical (unpaired) electrons. The summed E-state index contributed by atoms with van der Waals surface area (Å²) in [4.78, 5) is 11.3. The highest BCUT2D eigenvalue weighted by Gasteiger charge is 2.13. The Labute approximate surface area is 104 Å². The van der Waals surface area contributed by atoms with Crippen molar-refractivity contribution >= 4 is 51.7 Å². The van der Waals surface area contributed by atoms with Crippen molar-refractivity contribution in [2.75, 3.05) is 0 Å². The Bertz CT molecular complexity index is 428. The molecule has 0 aliphatic carbocycles. The second-order valence-electron chi connectivity index (χ2n) is 2.32. The number of nitrogens with one attached hydrogen (secondary N) is 1. The summed E-state index contributed by atoms with van der Waals surface area (Å²) < 4.78 is 0.571. The van der Waals surface area contributed by atoms with Crippen LogP contribution in [0.3, 0.4) is 0 Å². The molecule has 0 heterocycles. The Morgan fingerprint density at radius 2 is 2.14 bits per heavy atom. The van der Waals surface area contributed by atoms with Gasteiger partial charge in [-0.1, -0.05) is 23.2 Å².